The maximum absolute atomic E-state index is 5.93. The van der Waals surface area contributed by atoms with Crippen LogP contribution in [-0.4, -0.2) is 15.0 Å². The Morgan fingerprint density at radius 1 is 0.657 bits per heavy atom. The molecule has 0 saturated carbocycles. The highest BCUT2D eigenvalue weighted by molar-refractivity contribution is 6.17. The number of rotatable bonds is 5. The predicted octanol–water partition coefficient (Wildman–Crippen LogP) is 8.69. The lowest BCUT2D eigenvalue weighted by molar-refractivity contribution is 0.685. The van der Waals surface area contributed by atoms with Crippen LogP contribution in [0.5, 0.6) is 0 Å². The predicted molar refractivity (Wildman–Crippen MR) is 145 cm³/mol. The summed E-state index contributed by atoms with van der Waals surface area (Å²) in [7, 11) is 7.76. The van der Waals surface area contributed by atoms with E-state index in [1.807, 2.05) is 63.4 Å². The van der Waals surface area contributed by atoms with Crippen LogP contribution < -0.4 is 4.81 Å². The molecule has 0 bridgehead atoms. The van der Waals surface area contributed by atoms with Crippen molar-refractivity contribution in [3.63, 3.8) is 0 Å². The van der Waals surface area contributed by atoms with Gasteiger partial charge >= 0.3 is 0 Å². The van der Waals surface area contributed by atoms with E-state index in [9.17, 15) is 0 Å². The summed E-state index contributed by atoms with van der Waals surface area (Å²) < 4.78 is 0. The Morgan fingerprint density at radius 3 is 1.97 bits per heavy atom. The Bertz CT molecular complexity index is 1460. The van der Waals surface area contributed by atoms with Gasteiger partial charge in [0.1, 0.15) is 0 Å². The summed E-state index contributed by atoms with van der Waals surface area (Å²) in [4.78, 5) is 1.62. The van der Waals surface area contributed by atoms with Gasteiger partial charge in [0.15, 0.2) is 0 Å². The molecule has 0 spiro atoms. The molecule has 0 aliphatic heterocycles. The molecule has 1 aliphatic rings. The van der Waals surface area contributed by atoms with Crippen molar-refractivity contribution < 1.29 is 0 Å². The van der Waals surface area contributed by atoms with Gasteiger partial charge < -0.3 is 4.81 Å². The molecule has 35 heavy (non-hydrogen) atoms. The molecule has 6 heteroatoms. The largest absolute Gasteiger partial charge is 0.427 e. The molecule has 0 N–H and O–H groups in total. The maximum Gasteiger partial charge on any atom is 0.226 e. The van der Waals surface area contributed by atoms with Crippen molar-refractivity contribution in [3.05, 3.63) is 89.0 Å². The van der Waals surface area contributed by atoms with Crippen molar-refractivity contribution in [3.8, 4) is 0 Å². The number of azo groups is 2. The number of hydrogen-bond acceptors (Lipinski definition) is 5. The SMILES string of the molecule is [B]N(C)c1cc(C)c(N=Nc2ccc(N=Nc3ccc4c(c3)CCCC4)c3ccccc23)cc1C. The Morgan fingerprint density at radius 2 is 1.29 bits per heavy atom. The summed E-state index contributed by atoms with van der Waals surface area (Å²) in [5, 5.41) is 20.3. The fourth-order valence-electron chi connectivity index (χ4n) is 4.72. The average Bonchev–Trinajstić information content (AvgIpc) is 2.87. The third-order valence-corrected chi connectivity index (χ3v) is 6.64. The monoisotopic (exact) mass is 457 g/mol. The molecule has 0 heterocycles. The number of anilines is 1. The minimum Gasteiger partial charge on any atom is -0.427 e. The van der Waals surface area contributed by atoms with Crippen LogP contribution in [0.4, 0.5) is 28.4 Å². The summed E-state index contributed by atoms with van der Waals surface area (Å²) in [5.41, 5.74) is 9.24. The van der Waals surface area contributed by atoms with Gasteiger partial charge in [0.2, 0.25) is 7.98 Å². The highest BCUT2D eigenvalue weighted by Crippen LogP contribution is 2.36. The minimum absolute atomic E-state index is 0.797. The van der Waals surface area contributed by atoms with E-state index in [1.54, 1.807) is 4.81 Å². The zero-order valence-electron chi connectivity index (χ0n) is 20.5. The smallest absolute Gasteiger partial charge is 0.226 e. The number of fused-ring (bicyclic) bond motifs is 2. The molecule has 0 unspecified atom stereocenters. The topological polar surface area (TPSA) is 52.7 Å². The zero-order chi connectivity index (χ0) is 24.4. The van der Waals surface area contributed by atoms with Gasteiger partial charge in [0.25, 0.3) is 0 Å². The average molecular weight is 457 g/mol. The van der Waals surface area contributed by atoms with E-state index in [4.69, 9.17) is 7.98 Å². The van der Waals surface area contributed by atoms with Crippen LogP contribution in [0.1, 0.15) is 35.1 Å². The molecule has 4 aromatic rings. The van der Waals surface area contributed by atoms with Crippen molar-refractivity contribution in [2.75, 3.05) is 11.9 Å². The molecule has 172 valence electrons. The Balaban J connectivity index is 1.46. The van der Waals surface area contributed by atoms with Crippen molar-refractivity contribution in [1.29, 1.82) is 0 Å². The second-order valence-electron chi connectivity index (χ2n) is 9.25. The second kappa shape index (κ2) is 9.83. The van der Waals surface area contributed by atoms with Gasteiger partial charge in [0.05, 0.1) is 22.7 Å². The number of hydrogen-bond donors (Lipinski definition) is 0. The number of aryl methyl sites for hydroxylation is 4. The van der Waals surface area contributed by atoms with Crippen LogP contribution in [-0.2, 0) is 12.8 Å². The molecular weight excluding hydrogens is 429 g/mol. The third-order valence-electron chi connectivity index (χ3n) is 6.64. The molecule has 4 aromatic carbocycles. The highest BCUT2D eigenvalue weighted by atomic mass is 15.1. The van der Waals surface area contributed by atoms with E-state index in [0.29, 0.717) is 0 Å². The summed E-state index contributed by atoms with van der Waals surface area (Å²) in [6, 6.07) is 22.5. The molecule has 0 amide bonds. The van der Waals surface area contributed by atoms with Gasteiger partial charge in [-0.05, 0) is 105 Å². The zero-order valence-corrected chi connectivity index (χ0v) is 20.5. The lowest BCUT2D eigenvalue weighted by Crippen LogP contribution is -2.12. The van der Waals surface area contributed by atoms with Gasteiger partial charge in [-0.1, -0.05) is 30.3 Å². The van der Waals surface area contributed by atoms with Gasteiger partial charge in [-0.25, -0.2) is 0 Å². The van der Waals surface area contributed by atoms with E-state index >= 15 is 0 Å². The lowest BCUT2D eigenvalue weighted by atomic mass is 9.91. The van der Waals surface area contributed by atoms with Crippen LogP contribution in [0.3, 0.4) is 0 Å². The Hall–Kier alpha value is -3.80. The van der Waals surface area contributed by atoms with Crippen LogP contribution in [0, 0.1) is 13.8 Å². The van der Waals surface area contributed by atoms with Crippen molar-refractivity contribution in [2.45, 2.75) is 39.5 Å². The van der Waals surface area contributed by atoms with E-state index in [-0.39, 0.29) is 0 Å². The van der Waals surface area contributed by atoms with Crippen LogP contribution in [0.15, 0.2) is 87.2 Å². The number of benzene rings is 4. The molecule has 5 rings (SSSR count). The molecule has 0 atom stereocenters. The van der Waals surface area contributed by atoms with Crippen LogP contribution in [0.25, 0.3) is 10.8 Å². The van der Waals surface area contributed by atoms with Gasteiger partial charge in [-0.2, -0.15) is 10.2 Å². The summed E-state index contributed by atoms with van der Waals surface area (Å²) in [6.45, 7) is 4.04. The molecule has 0 saturated heterocycles. The normalized spacial score (nSPS) is 13.6. The molecule has 5 nitrogen and oxygen atoms in total. The first-order valence-electron chi connectivity index (χ1n) is 12.1. The lowest BCUT2D eigenvalue weighted by Gasteiger charge is -2.17. The summed E-state index contributed by atoms with van der Waals surface area (Å²) >= 11 is 0. The summed E-state index contributed by atoms with van der Waals surface area (Å²) in [5.74, 6) is 0. The van der Waals surface area contributed by atoms with Crippen molar-refractivity contribution in [1.82, 2.24) is 0 Å². The maximum atomic E-state index is 5.93. The first-order chi connectivity index (χ1) is 17.0. The minimum atomic E-state index is 0.797. The van der Waals surface area contributed by atoms with Crippen molar-refractivity contribution >= 4 is 47.2 Å². The third kappa shape index (κ3) is 4.88. The number of nitrogens with zero attached hydrogens (tertiary/aromatic N) is 5. The highest BCUT2D eigenvalue weighted by Gasteiger charge is 2.10. The second-order valence-corrected chi connectivity index (χ2v) is 9.25. The quantitative estimate of drug-likeness (QED) is 0.218. The first-order valence-corrected chi connectivity index (χ1v) is 12.1. The Labute approximate surface area is 208 Å². The van der Waals surface area contributed by atoms with Gasteiger partial charge in [-0.15, -0.1) is 10.2 Å². The van der Waals surface area contributed by atoms with E-state index in [1.165, 1.54) is 30.4 Å². The van der Waals surface area contributed by atoms with E-state index in [2.05, 4.69) is 44.7 Å². The van der Waals surface area contributed by atoms with Crippen LogP contribution in [0.2, 0.25) is 0 Å². The molecule has 0 fully saturated rings. The van der Waals surface area contributed by atoms with Gasteiger partial charge in [-0.3, -0.25) is 0 Å². The van der Waals surface area contributed by atoms with Crippen LogP contribution >= 0.6 is 0 Å². The molecule has 0 aromatic heterocycles. The molecule has 2 radical (unpaired) electrons. The standard InChI is InChI=1S/C29H28BN5/c1-19-17-29(35(3)30)20(2)16-28(19)34-33-27-15-14-26(24-10-6-7-11-25(24)27)32-31-23-13-12-21-8-4-5-9-22(21)18-23/h6-7,10-18H,4-5,8-9H2,1-3H3. The Kier molecular flexibility index (Phi) is 6.45. The van der Waals surface area contributed by atoms with Gasteiger partial charge in [0, 0.05) is 16.5 Å². The summed E-state index contributed by atoms with van der Waals surface area (Å²) in [6.07, 6.45) is 4.83. The molecular formula is C29H28BN5. The fraction of sp³-hybridized carbons (Fsp3) is 0.241. The first kappa shape index (κ1) is 23.0. The van der Waals surface area contributed by atoms with E-state index in [0.717, 1.165) is 56.8 Å². The molecule has 1 aliphatic carbocycles. The van der Waals surface area contributed by atoms with E-state index < -0.39 is 0 Å². The fourth-order valence-corrected chi connectivity index (χ4v) is 4.72. The van der Waals surface area contributed by atoms with Crippen molar-refractivity contribution in [2.24, 2.45) is 20.5 Å².